The molecule has 1 aliphatic heterocycles. The molecule has 184 valence electrons. The predicted octanol–water partition coefficient (Wildman–Crippen LogP) is 10.5. The molecule has 4 aromatic carbocycles. The summed E-state index contributed by atoms with van der Waals surface area (Å²) in [4.78, 5) is 0.803. The van der Waals surface area contributed by atoms with Gasteiger partial charge in [-0.15, -0.1) is 11.3 Å². The van der Waals surface area contributed by atoms with Crippen LogP contribution in [0.5, 0.6) is 0 Å². The van der Waals surface area contributed by atoms with E-state index in [0.29, 0.717) is 11.1 Å². The Morgan fingerprint density at radius 1 is 0.432 bits per heavy atom. The van der Waals surface area contributed by atoms with Crippen LogP contribution in [0.4, 0.5) is 26.3 Å². The third-order valence-electron chi connectivity index (χ3n) is 6.54. The van der Waals surface area contributed by atoms with Gasteiger partial charge in [-0.25, -0.2) is 0 Å². The second-order valence-electron chi connectivity index (χ2n) is 8.75. The molecule has 0 nitrogen and oxygen atoms in total. The zero-order chi connectivity index (χ0) is 25.9. The van der Waals surface area contributed by atoms with E-state index in [2.05, 4.69) is 0 Å². The van der Waals surface area contributed by atoms with Gasteiger partial charge in [0.2, 0.25) is 0 Å². The Morgan fingerprint density at radius 2 is 0.892 bits per heavy atom. The minimum Gasteiger partial charge on any atom is -0.166 e. The Morgan fingerprint density at radius 3 is 1.43 bits per heavy atom. The van der Waals surface area contributed by atoms with Crippen molar-refractivity contribution in [1.29, 1.82) is 0 Å². The first-order valence-electron chi connectivity index (χ1n) is 11.3. The first-order valence-corrected chi connectivity index (χ1v) is 12.2. The summed E-state index contributed by atoms with van der Waals surface area (Å²) in [6, 6.07) is 25.5. The molecule has 0 bridgehead atoms. The zero-order valence-corrected chi connectivity index (χ0v) is 19.7. The van der Waals surface area contributed by atoms with E-state index in [1.165, 1.54) is 35.6 Å². The highest BCUT2D eigenvalue weighted by Gasteiger charge is 2.32. The second kappa shape index (κ2) is 8.35. The van der Waals surface area contributed by atoms with Gasteiger partial charge in [-0.3, -0.25) is 0 Å². The van der Waals surface area contributed by atoms with Gasteiger partial charge in [-0.1, -0.05) is 66.7 Å². The molecule has 0 saturated carbocycles. The molecule has 0 amide bonds. The number of rotatable bonds is 2. The van der Waals surface area contributed by atoms with Crippen molar-refractivity contribution >= 4 is 32.2 Å². The third-order valence-corrected chi connectivity index (χ3v) is 7.76. The summed E-state index contributed by atoms with van der Waals surface area (Å²) < 4.78 is 80.3. The van der Waals surface area contributed by atoms with Gasteiger partial charge in [0.25, 0.3) is 0 Å². The van der Waals surface area contributed by atoms with Crippen LogP contribution in [-0.2, 0) is 12.4 Å². The van der Waals surface area contributed by atoms with Crippen LogP contribution in [0.3, 0.4) is 0 Å². The maximum atomic E-state index is 13.2. The SMILES string of the molecule is FC(F)(F)c1ccc(-c2sc3ccccc3c3c(-c4ccc(C(F)(F)F)cc4)c4ccccc4c2-3)cc1. The van der Waals surface area contributed by atoms with Crippen LogP contribution in [0.1, 0.15) is 11.1 Å². The maximum Gasteiger partial charge on any atom is 0.416 e. The fourth-order valence-corrected chi connectivity index (χ4v) is 6.10. The van der Waals surface area contributed by atoms with Crippen molar-refractivity contribution < 1.29 is 26.3 Å². The third kappa shape index (κ3) is 3.94. The fraction of sp³-hybridized carbons (Fsp3) is 0.0667. The molecule has 4 aromatic rings. The minimum atomic E-state index is -4.45. The molecule has 7 heteroatoms. The zero-order valence-electron chi connectivity index (χ0n) is 18.9. The molecular weight excluding hydrogens is 506 g/mol. The Hall–Kier alpha value is -3.84. The number of halogens is 6. The average Bonchev–Trinajstić information content (AvgIpc) is 3.23. The Balaban J connectivity index is 1.68. The molecule has 2 aliphatic rings. The van der Waals surface area contributed by atoms with E-state index in [9.17, 15) is 26.3 Å². The van der Waals surface area contributed by atoms with Crippen molar-refractivity contribution in [2.75, 3.05) is 0 Å². The van der Waals surface area contributed by atoms with E-state index < -0.39 is 23.5 Å². The molecule has 37 heavy (non-hydrogen) atoms. The van der Waals surface area contributed by atoms with Crippen LogP contribution in [-0.4, -0.2) is 0 Å². The Labute approximate surface area is 211 Å². The molecule has 0 aromatic heterocycles. The lowest BCUT2D eigenvalue weighted by atomic mass is 9.95. The van der Waals surface area contributed by atoms with E-state index in [1.807, 2.05) is 48.5 Å². The summed E-state index contributed by atoms with van der Waals surface area (Å²) in [5, 5.41) is 2.70. The molecule has 0 saturated heterocycles. The molecule has 1 heterocycles. The normalized spacial score (nSPS) is 12.6. The quantitative estimate of drug-likeness (QED) is 0.199. The van der Waals surface area contributed by atoms with E-state index in [4.69, 9.17) is 0 Å². The summed E-state index contributed by atoms with van der Waals surface area (Å²) in [6.45, 7) is 0. The van der Waals surface area contributed by atoms with E-state index >= 15 is 0 Å². The van der Waals surface area contributed by atoms with Gasteiger partial charge in [-0.2, -0.15) is 26.3 Å². The van der Waals surface area contributed by atoms with Crippen molar-refractivity contribution in [3.63, 3.8) is 0 Å². The van der Waals surface area contributed by atoms with Gasteiger partial charge >= 0.3 is 12.4 Å². The van der Waals surface area contributed by atoms with Crippen molar-refractivity contribution in [3.05, 3.63) is 108 Å². The first-order chi connectivity index (χ1) is 17.6. The highest BCUT2D eigenvalue weighted by Crippen LogP contribution is 2.54. The lowest BCUT2D eigenvalue weighted by molar-refractivity contribution is -0.138. The summed E-state index contributed by atoms with van der Waals surface area (Å²) in [7, 11) is 0. The van der Waals surface area contributed by atoms with Crippen LogP contribution in [0.25, 0.3) is 53.6 Å². The van der Waals surface area contributed by atoms with Crippen LogP contribution in [0.15, 0.2) is 97.1 Å². The molecule has 0 radical (unpaired) electrons. The van der Waals surface area contributed by atoms with Gasteiger partial charge in [0.05, 0.1) is 11.1 Å². The lowest BCUT2D eigenvalue weighted by Crippen LogP contribution is -2.04. The molecule has 0 spiro atoms. The molecule has 6 rings (SSSR count). The molecule has 1 aliphatic carbocycles. The van der Waals surface area contributed by atoms with Gasteiger partial charge in [0, 0.05) is 26.1 Å². The number of benzene rings is 4. The molecule has 0 atom stereocenters. The maximum absolute atomic E-state index is 13.2. The molecule has 0 fully saturated rings. The van der Waals surface area contributed by atoms with Crippen molar-refractivity contribution in [2.45, 2.75) is 12.4 Å². The summed E-state index contributed by atoms with van der Waals surface area (Å²) in [5.41, 5.74) is 2.36. The number of hydrogen-bond acceptors (Lipinski definition) is 1. The molecule has 0 unspecified atom stereocenters. The Kier molecular flexibility index (Phi) is 5.31. The van der Waals surface area contributed by atoms with Crippen LogP contribution in [0, 0.1) is 0 Å². The van der Waals surface area contributed by atoms with E-state index in [1.54, 1.807) is 0 Å². The monoisotopic (exact) mass is 522 g/mol. The van der Waals surface area contributed by atoms with Crippen molar-refractivity contribution in [1.82, 2.24) is 0 Å². The molecular formula is C30H16F6S. The number of alkyl halides is 6. The van der Waals surface area contributed by atoms with Gasteiger partial charge < -0.3 is 0 Å². The summed E-state index contributed by atoms with van der Waals surface area (Å²) in [6.07, 6.45) is -8.89. The van der Waals surface area contributed by atoms with E-state index in [0.717, 1.165) is 66.7 Å². The van der Waals surface area contributed by atoms with Crippen molar-refractivity contribution in [2.24, 2.45) is 0 Å². The van der Waals surface area contributed by atoms with Gasteiger partial charge in [0.1, 0.15) is 0 Å². The number of hydrogen-bond donors (Lipinski definition) is 0. The van der Waals surface area contributed by atoms with Gasteiger partial charge in [-0.05, 0) is 57.8 Å². The fourth-order valence-electron chi connectivity index (χ4n) is 4.88. The smallest absolute Gasteiger partial charge is 0.166 e. The van der Waals surface area contributed by atoms with Gasteiger partial charge in [0.15, 0.2) is 0 Å². The molecule has 0 N–H and O–H groups in total. The minimum absolute atomic E-state index is 0.638. The summed E-state index contributed by atoms with van der Waals surface area (Å²) in [5.74, 6) is 0. The number of fused-ring (bicyclic) bond motifs is 5. The highest BCUT2D eigenvalue weighted by atomic mass is 32.1. The summed E-state index contributed by atoms with van der Waals surface area (Å²) >= 11 is 1.48. The average molecular weight is 523 g/mol. The first kappa shape index (κ1) is 23.6. The highest BCUT2D eigenvalue weighted by molar-refractivity contribution is 7.22. The second-order valence-corrected chi connectivity index (χ2v) is 9.80. The predicted molar refractivity (Wildman–Crippen MR) is 137 cm³/mol. The largest absolute Gasteiger partial charge is 0.416 e. The lowest BCUT2D eigenvalue weighted by Gasteiger charge is -2.15. The standard InChI is InChI=1S/C30H16F6S/c31-29(32,33)19-13-9-17(10-14-19)25-21-5-1-2-6-22(21)27-26(25)23-7-3-4-8-24(23)37-28(27)18-11-15-20(16-12-18)30(34,35)36/h1-16H. The topological polar surface area (TPSA) is 0 Å². The van der Waals surface area contributed by atoms with E-state index in [-0.39, 0.29) is 0 Å². The van der Waals surface area contributed by atoms with Crippen LogP contribution < -0.4 is 0 Å². The Bertz CT molecular complexity index is 1720. The van der Waals surface area contributed by atoms with Crippen LogP contribution in [0.2, 0.25) is 0 Å². The van der Waals surface area contributed by atoms with Crippen molar-refractivity contribution in [3.8, 4) is 32.7 Å². The van der Waals surface area contributed by atoms with Crippen LogP contribution >= 0.6 is 11.3 Å².